The molecule has 1 heterocycles. The van der Waals surface area contributed by atoms with E-state index in [1.807, 2.05) is 18.2 Å². The number of anilines is 1. The molecule has 0 radical (unpaired) electrons. The molecule has 1 aromatic carbocycles. The van der Waals surface area contributed by atoms with Crippen LogP contribution in [0.2, 0.25) is 0 Å². The van der Waals surface area contributed by atoms with Crippen LogP contribution < -0.4 is 26.2 Å². The number of rotatable bonds is 6. The highest BCUT2D eigenvalue weighted by atomic mass is 16.5. The van der Waals surface area contributed by atoms with Crippen LogP contribution in [0.25, 0.3) is 0 Å². The summed E-state index contributed by atoms with van der Waals surface area (Å²) in [6.07, 6.45) is 1.75. The van der Waals surface area contributed by atoms with Gasteiger partial charge in [-0.15, -0.1) is 10.2 Å². The van der Waals surface area contributed by atoms with E-state index in [9.17, 15) is 4.79 Å². The molecule has 8 nitrogen and oxygen atoms in total. The fraction of sp³-hybridized carbons (Fsp3) is 0.308. The first-order chi connectivity index (χ1) is 10.2. The molecule has 21 heavy (non-hydrogen) atoms. The van der Waals surface area contributed by atoms with Crippen LogP contribution in [0.15, 0.2) is 29.2 Å². The van der Waals surface area contributed by atoms with Crippen LogP contribution in [0.5, 0.6) is 11.5 Å². The second-order valence-electron chi connectivity index (χ2n) is 4.24. The van der Waals surface area contributed by atoms with Crippen LogP contribution in [-0.2, 0) is 6.42 Å². The minimum atomic E-state index is -0.418. The number of hydrogen-bond donors (Lipinski definition) is 2. The standard InChI is InChI=1S/C13H17N5O3/c1-20-10-4-3-9(7-11(10)21-2)5-6-15-13-17-16-8-12(19)18(13)14/h3-4,7-8H,5-6,14H2,1-2H3,(H,15,17). The van der Waals surface area contributed by atoms with Crippen molar-refractivity contribution < 1.29 is 9.47 Å². The van der Waals surface area contributed by atoms with Gasteiger partial charge in [0.1, 0.15) is 6.20 Å². The van der Waals surface area contributed by atoms with Crippen molar-refractivity contribution in [3.05, 3.63) is 40.3 Å². The Bertz CT molecular complexity index is 671. The highest BCUT2D eigenvalue weighted by Crippen LogP contribution is 2.27. The van der Waals surface area contributed by atoms with Crippen molar-refractivity contribution in [1.29, 1.82) is 0 Å². The number of nitrogens with two attached hydrogens (primary N) is 1. The van der Waals surface area contributed by atoms with E-state index in [4.69, 9.17) is 15.3 Å². The Morgan fingerprint density at radius 3 is 2.76 bits per heavy atom. The molecule has 1 aromatic heterocycles. The van der Waals surface area contributed by atoms with Crippen LogP contribution in [0.4, 0.5) is 5.95 Å². The molecule has 0 saturated heterocycles. The van der Waals surface area contributed by atoms with Crippen molar-refractivity contribution in [2.75, 3.05) is 31.9 Å². The Kier molecular flexibility index (Phi) is 4.60. The molecule has 0 unspecified atom stereocenters. The van der Waals surface area contributed by atoms with Gasteiger partial charge in [-0.25, -0.2) is 0 Å². The van der Waals surface area contributed by atoms with Gasteiger partial charge in [0, 0.05) is 6.54 Å². The summed E-state index contributed by atoms with van der Waals surface area (Å²) in [7, 11) is 3.18. The van der Waals surface area contributed by atoms with Crippen molar-refractivity contribution >= 4 is 5.95 Å². The molecular formula is C13H17N5O3. The van der Waals surface area contributed by atoms with Crippen LogP contribution in [0.1, 0.15) is 5.56 Å². The molecule has 112 valence electrons. The van der Waals surface area contributed by atoms with Gasteiger partial charge in [-0.3, -0.25) is 4.79 Å². The predicted octanol–water partition coefficient (Wildman–Crippen LogP) is 0.0239. The second-order valence-corrected chi connectivity index (χ2v) is 4.24. The van der Waals surface area contributed by atoms with Crippen LogP contribution >= 0.6 is 0 Å². The lowest BCUT2D eigenvalue weighted by atomic mass is 10.1. The van der Waals surface area contributed by atoms with Gasteiger partial charge >= 0.3 is 0 Å². The maximum atomic E-state index is 11.3. The normalized spacial score (nSPS) is 10.2. The molecule has 2 aromatic rings. The van der Waals surface area contributed by atoms with Crippen molar-refractivity contribution in [2.24, 2.45) is 0 Å². The molecule has 8 heteroatoms. The molecule has 2 rings (SSSR count). The van der Waals surface area contributed by atoms with E-state index in [1.165, 1.54) is 0 Å². The Hall–Kier alpha value is -2.77. The number of nitrogen functional groups attached to an aromatic ring is 1. The number of ether oxygens (including phenoxy) is 2. The zero-order valence-electron chi connectivity index (χ0n) is 11.9. The SMILES string of the molecule is COc1ccc(CCNc2nncc(=O)n2N)cc1OC. The van der Waals surface area contributed by atoms with Gasteiger partial charge in [0.05, 0.1) is 14.2 Å². The van der Waals surface area contributed by atoms with Gasteiger partial charge in [0.25, 0.3) is 5.56 Å². The lowest BCUT2D eigenvalue weighted by Crippen LogP contribution is -2.31. The summed E-state index contributed by atoms with van der Waals surface area (Å²) in [6, 6.07) is 5.68. The Morgan fingerprint density at radius 1 is 1.29 bits per heavy atom. The van der Waals surface area contributed by atoms with Crippen molar-refractivity contribution in [2.45, 2.75) is 6.42 Å². The highest BCUT2D eigenvalue weighted by Gasteiger charge is 2.05. The fourth-order valence-corrected chi connectivity index (χ4v) is 1.82. The zero-order valence-corrected chi connectivity index (χ0v) is 11.9. The van der Waals surface area contributed by atoms with Crippen molar-refractivity contribution in [3.8, 4) is 11.5 Å². The molecule has 3 N–H and O–H groups in total. The molecule has 0 aliphatic heterocycles. The number of nitrogens with one attached hydrogen (secondary N) is 1. The van der Waals surface area contributed by atoms with E-state index in [2.05, 4.69) is 15.5 Å². The molecule has 0 amide bonds. The summed E-state index contributed by atoms with van der Waals surface area (Å²) in [6.45, 7) is 0.546. The average Bonchev–Trinajstić information content (AvgIpc) is 2.51. The van der Waals surface area contributed by atoms with Crippen LogP contribution in [0, 0.1) is 0 Å². The van der Waals surface area contributed by atoms with Gasteiger partial charge < -0.3 is 20.6 Å². The summed E-state index contributed by atoms with van der Waals surface area (Å²) in [5.41, 5.74) is 0.633. The average molecular weight is 291 g/mol. The number of methoxy groups -OCH3 is 2. The van der Waals surface area contributed by atoms with Crippen molar-refractivity contribution in [1.82, 2.24) is 14.9 Å². The summed E-state index contributed by atoms with van der Waals surface area (Å²) < 4.78 is 11.3. The quantitative estimate of drug-likeness (QED) is 0.723. The summed E-state index contributed by atoms with van der Waals surface area (Å²) in [5, 5.41) is 10.3. The van der Waals surface area contributed by atoms with Gasteiger partial charge in [-0.2, -0.15) is 4.68 Å². The molecule has 0 aliphatic rings. The summed E-state index contributed by atoms with van der Waals surface area (Å²) in [4.78, 5) is 11.3. The van der Waals surface area contributed by atoms with E-state index in [1.54, 1.807) is 14.2 Å². The maximum Gasteiger partial charge on any atom is 0.292 e. The smallest absolute Gasteiger partial charge is 0.292 e. The van der Waals surface area contributed by atoms with Crippen LogP contribution in [0.3, 0.4) is 0 Å². The fourth-order valence-electron chi connectivity index (χ4n) is 1.82. The van der Waals surface area contributed by atoms with Gasteiger partial charge in [-0.05, 0) is 24.1 Å². The number of nitrogens with zero attached hydrogens (tertiary/aromatic N) is 3. The molecule has 0 fully saturated rings. The van der Waals surface area contributed by atoms with Crippen LogP contribution in [-0.4, -0.2) is 35.6 Å². The largest absolute Gasteiger partial charge is 0.493 e. The van der Waals surface area contributed by atoms with E-state index in [-0.39, 0.29) is 5.95 Å². The number of aromatic nitrogens is 3. The lowest BCUT2D eigenvalue weighted by Gasteiger charge is -2.10. The zero-order chi connectivity index (χ0) is 15.2. The number of benzene rings is 1. The molecular weight excluding hydrogens is 274 g/mol. The topological polar surface area (TPSA) is 104 Å². The van der Waals surface area contributed by atoms with Gasteiger partial charge in [0.2, 0.25) is 5.95 Å². The minimum Gasteiger partial charge on any atom is -0.493 e. The molecule has 0 bridgehead atoms. The molecule has 0 spiro atoms. The third kappa shape index (κ3) is 3.41. The van der Waals surface area contributed by atoms with E-state index >= 15 is 0 Å². The lowest BCUT2D eigenvalue weighted by molar-refractivity contribution is 0.354. The summed E-state index contributed by atoms with van der Waals surface area (Å²) >= 11 is 0. The van der Waals surface area contributed by atoms with E-state index in [0.717, 1.165) is 16.4 Å². The van der Waals surface area contributed by atoms with E-state index in [0.29, 0.717) is 24.5 Å². The molecule has 0 aliphatic carbocycles. The number of hydrogen-bond acceptors (Lipinski definition) is 7. The Morgan fingerprint density at radius 2 is 2.05 bits per heavy atom. The Labute approximate surface area is 121 Å². The van der Waals surface area contributed by atoms with Gasteiger partial charge in [-0.1, -0.05) is 6.07 Å². The minimum absolute atomic E-state index is 0.225. The van der Waals surface area contributed by atoms with Gasteiger partial charge in [0.15, 0.2) is 11.5 Å². The third-order valence-electron chi connectivity index (χ3n) is 2.93. The molecule has 0 atom stereocenters. The summed E-state index contributed by atoms with van der Waals surface area (Å²) in [5.74, 6) is 7.12. The monoisotopic (exact) mass is 291 g/mol. The third-order valence-corrected chi connectivity index (χ3v) is 2.93. The second kappa shape index (κ2) is 6.60. The van der Waals surface area contributed by atoms with Crippen molar-refractivity contribution in [3.63, 3.8) is 0 Å². The predicted molar refractivity (Wildman–Crippen MR) is 78.2 cm³/mol. The molecule has 0 saturated carbocycles. The first-order valence-corrected chi connectivity index (χ1v) is 6.30. The first kappa shape index (κ1) is 14.6. The van der Waals surface area contributed by atoms with E-state index < -0.39 is 5.56 Å². The highest BCUT2D eigenvalue weighted by molar-refractivity contribution is 5.43. The Balaban J connectivity index is 2.00. The first-order valence-electron chi connectivity index (χ1n) is 6.30. The maximum absolute atomic E-state index is 11.3.